The van der Waals surface area contributed by atoms with E-state index in [4.69, 9.17) is 4.98 Å². The normalized spacial score (nSPS) is 16.0. The van der Waals surface area contributed by atoms with E-state index in [1.165, 1.54) is 41.3 Å². The minimum Gasteiger partial charge on any atom is -0.297 e. The van der Waals surface area contributed by atoms with Crippen molar-refractivity contribution in [2.75, 3.05) is 7.05 Å². The first kappa shape index (κ1) is 14.6. The highest BCUT2D eigenvalue weighted by atomic mass is 32.1. The second kappa shape index (κ2) is 6.62. The van der Waals surface area contributed by atoms with Crippen LogP contribution in [0.5, 0.6) is 0 Å². The van der Waals surface area contributed by atoms with Crippen molar-refractivity contribution in [2.45, 2.75) is 51.6 Å². The Balaban J connectivity index is 1.60. The Labute approximate surface area is 130 Å². The van der Waals surface area contributed by atoms with Gasteiger partial charge < -0.3 is 0 Å². The van der Waals surface area contributed by atoms with Crippen LogP contribution in [-0.4, -0.2) is 32.9 Å². The van der Waals surface area contributed by atoms with Crippen LogP contribution in [0, 0.1) is 0 Å². The van der Waals surface area contributed by atoms with Crippen LogP contribution < -0.4 is 0 Å². The number of aromatic nitrogens is 3. The summed E-state index contributed by atoms with van der Waals surface area (Å²) < 4.78 is 0. The van der Waals surface area contributed by atoms with Crippen molar-refractivity contribution >= 4 is 11.3 Å². The summed E-state index contributed by atoms with van der Waals surface area (Å²) in [6.45, 7) is 3.17. The number of thiazole rings is 1. The molecule has 0 saturated heterocycles. The maximum atomic E-state index is 4.83. The topological polar surface area (TPSA) is 41.9 Å². The Kier molecular flexibility index (Phi) is 4.60. The van der Waals surface area contributed by atoms with Crippen molar-refractivity contribution in [3.8, 4) is 0 Å². The smallest absolute Gasteiger partial charge is 0.107 e. The van der Waals surface area contributed by atoms with Crippen LogP contribution in [0.25, 0.3) is 0 Å². The minimum atomic E-state index is 0.433. The van der Waals surface area contributed by atoms with Crippen molar-refractivity contribution in [1.29, 1.82) is 0 Å². The third-order valence-electron chi connectivity index (χ3n) is 4.15. The molecule has 21 heavy (non-hydrogen) atoms. The number of hydrogen-bond donors (Lipinski definition) is 0. The molecule has 0 N–H and O–H groups in total. The fraction of sp³-hybridized carbons (Fsp3) is 0.562. The molecule has 1 aliphatic carbocycles. The lowest BCUT2D eigenvalue weighted by molar-refractivity contribution is 0.246. The van der Waals surface area contributed by atoms with Crippen molar-refractivity contribution in [1.82, 2.24) is 19.9 Å². The highest BCUT2D eigenvalue weighted by Crippen LogP contribution is 2.27. The highest BCUT2D eigenvalue weighted by Gasteiger charge is 2.18. The van der Waals surface area contributed by atoms with Crippen LogP contribution in [0.15, 0.2) is 18.6 Å². The van der Waals surface area contributed by atoms with E-state index in [9.17, 15) is 0 Å². The Morgan fingerprint density at radius 1 is 1.29 bits per heavy atom. The van der Waals surface area contributed by atoms with Gasteiger partial charge in [-0.3, -0.25) is 14.9 Å². The van der Waals surface area contributed by atoms with E-state index in [0.29, 0.717) is 6.04 Å². The van der Waals surface area contributed by atoms with E-state index < -0.39 is 0 Å². The quantitative estimate of drug-likeness (QED) is 0.851. The molecule has 0 amide bonds. The lowest BCUT2D eigenvalue weighted by Crippen LogP contribution is -2.30. The van der Waals surface area contributed by atoms with Gasteiger partial charge in [-0.2, -0.15) is 0 Å². The summed E-state index contributed by atoms with van der Waals surface area (Å²) in [6, 6.07) is 0.433. The van der Waals surface area contributed by atoms with Crippen molar-refractivity contribution in [3.63, 3.8) is 0 Å². The first-order chi connectivity index (χ1) is 10.2. The Morgan fingerprint density at radius 2 is 2.14 bits per heavy atom. The summed E-state index contributed by atoms with van der Waals surface area (Å²) >= 11 is 1.91. The number of fused-ring (bicyclic) bond motifs is 1. The minimum absolute atomic E-state index is 0.433. The molecule has 0 fully saturated rings. The van der Waals surface area contributed by atoms with Gasteiger partial charge in [0.25, 0.3) is 0 Å². The van der Waals surface area contributed by atoms with Crippen LogP contribution in [0.3, 0.4) is 0 Å². The average Bonchev–Trinajstić information content (AvgIpc) is 2.90. The molecule has 2 aromatic heterocycles. The van der Waals surface area contributed by atoms with Crippen molar-refractivity contribution in [2.24, 2.45) is 0 Å². The Bertz CT molecular complexity index is 558. The molecule has 3 rings (SSSR count). The molecule has 0 spiro atoms. The second-order valence-corrected chi connectivity index (χ2v) is 7.02. The SMILES string of the molecule is C[C@@H](Cc1cnccn1)N(C)Cc1nc2c(s1)CCCC2. The number of aryl methyl sites for hydroxylation is 2. The number of hydrogen-bond acceptors (Lipinski definition) is 5. The van der Waals surface area contributed by atoms with Crippen LogP contribution in [0.4, 0.5) is 0 Å². The van der Waals surface area contributed by atoms with Crippen LogP contribution >= 0.6 is 11.3 Å². The molecule has 4 nitrogen and oxygen atoms in total. The van der Waals surface area contributed by atoms with Gasteiger partial charge in [-0.05, 0) is 39.7 Å². The number of likely N-dealkylation sites (N-methyl/N-ethyl adjacent to an activating group) is 1. The third kappa shape index (κ3) is 3.66. The summed E-state index contributed by atoms with van der Waals surface area (Å²) in [5.41, 5.74) is 2.41. The molecule has 1 atom stereocenters. The van der Waals surface area contributed by atoms with Gasteiger partial charge >= 0.3 is 0 Å². The predicted molar refractivity (Wildman–Crippen MR) is 85.4 cm³/mol. The van der Waals surface area contributed by atoms with Gasteiger partial charge in [-0.15, -0.1) is 11.3 Å². The van der Waals surface area contributed by atoms with E-state index in [1.54, 1.807) is 12.4 Å². The van der Waals surface area contributed by atoms with Crippen molar-refractivity contribution < 1.29 is 0 Å². The largest absolute Gasteiger partial charge is 0.297 e. The number of rotatable bonds is 5. The summed E-state index contributed by atoms with van der Waals surface area (Å²) in [6.07, 6.45) is 11.3. The van der Waals surface area contributed by atoms with Crippen LogP contribution in [-0.2, 0) is 25.8 Å². The van der Waals surface area contributed by atoms with Gasteiger partial charge in [0.05, 0.1) is 17.9 Å². The average molecular weight is 302 g/mol. The predicted octanol–water partition coefficient (Wildman–Crippen LogP) is 2.87. The molecule has 0 saturated carbocycles. The van der Waals surface area contributed by atoms with Gasteiger partial charge in [0, 0.05) is 35.9 Å². The van der Waals surface area contributed by atoms with Gasteiger partial charge in [0.1, 0.15) is 5.01 Å². The van der Waals surface area contributed by atoms with Gasteiger partial charge in [-0.25, -0.2) is 4.98 Å². The van der Waals surface area contributed by atoms with Gasteiger partial charge in [-0.1, -0.05) is 0 Å². The lowest BCUT2D eigenvalue weighted by Gasteiger charge is -2.23. The number of nitrogens with zero attached hydrogens (tertiary/aromatic N) is 4. The standard InChI is InChI=1S/C16H22N4S/c1-12(9-13-10-17-7-8-18-13)20(2)11-16-19-14-5-3-4-6-15(14)21-16/h7-8,10,12H,3-6,9,11H2,1-2H3/t12-/m0/s1. The molecule has 2 heterocycles. The third-order valence-corrected chi connectivity index (χ3v) is 5.29. The molecule has 112 valence electrons. The Hall–Kier alpha value is -1.33. The first-order valence-electron chi connectivity index (χ1n) is 7.65. The molecular formula is C16H22N4S. The zero-order valence-electron chi connectivity index (χ0n) is 12.7. The maximum absolute atomic E-state index is 4.83. The van der Waals surface area contributed by atoms with Crippen molar-refractivity contribution in [3.05, 3.63) is 39.9 Å². The van der Waals surface area contributed by atoms with Crippen LogP contribution in [0.1, 0.15) is 41.0 Å². The molecule has 5 heteroatoms. The van der Waals surface area contributed by atoms with Crippen LogP contribution in [0.2, 0.25) is 0 Å². The molecule has 0 unspecified atom stereocenters. The molecule has 0 aromatic carbocycles. The highest BCUT2D eigenvalue weighted by molar-refractivity contribution is 7.11. The van der Waals surface area contributed by atoms with E-state index in [0.717, 1.165) is 18.7 Å². The molecule has 2 aromatic rings. The molecule has 1 aliphatic rings. The van der Waals surface area contributed by atoms with E-state index in [2.05, 4.69) is 28.8 Å². The summed E-state index contributed by atoms with van der Waals surface area (Å²) in [5, 5.41) is 1.26. The fourth-order valence-electron chi connectivity index (χ4n) is 2.74. The van der Waals surface area contributed by atoms with E-state index >= 15 is 0 Å². The maximum Gasteiger partial charge on any atom is 0.107 e. The van der Waals surface area contributed by atoms with E-state index in [-0.39, 0.29) is 0 Å². The monoisotopic (exact) mass is 302 g/mol. The second-order valence-electron chi connectivity index (χ2n) is 5.85. The fourth-order valence-corrected chi connectivity index (χ4v) is 3.96. The Morgan fingerprint density at radius 3 is 2.90 bits per heavy atom. The molecule has 0 aliphatic heterocycles. The van der Waals surface area contributed by atoms with E-state index in [1.807, 2.05) is 17.5 Å². The zero-order chi connectivity index (χ0) is 14.7. The summed E-state index contributed by atoms with van der Waals surface area (Å²) in [7, 11) is 2.17. The van der Waals surface area contributed by atoms with Gasteiger partial charge in [0.2, 0.25) is 0 Å². The summed E-state index contributed by atoms with van der Waals surface area (Å²) in [5.74, 6) is 0. The lowest BCUT2D eigenvalue weighted by atomic mass is 10.0. The molecule has 0 radical (unpaired) electrons. The zero-order valence-corrected chi connectivity index (χ0v) is 13.6. The molecule has 0 bridgehead atoms. The first-order valence-corrected chi connectivity index (χ1v) is 8.46. The van der Waals surface area contributed by atoms with Gasteiger partial charge in [0.15, 0.2) is 0 Å². The molecular weight excluding hydrogens is 280 g/mol. The summed E-state index contributed by atoms with van der Waals surface area (Å²) in [4.78, 5) is 17.2.